The Labute approximate surface area is 231 Å². The van der Waals surface area contributed by atoms with E-state index in [1.165, 1.54) is 23.9 Å². The van der Waals surface area contributed by atoms with Crippen LogP contribution in [0, 0.1) is 0 Å². The highest BCUT2D eigenvalue weighted by molar-refractivity contribution is 9.10. The Morgan fingerprint density at radius 1 is 1.19 bits per heavy atom. The van der Waals surface area contributed by atoms with Gasteiger partial charge in [-0.05, 0) is 88.7 Å². The second kappa shape index (κ2) is 11.9. The molecule has 0 unspecified atom stereocenters. The molecular formula is C27H22BrClN2O5S. The van der Waals surface area contributed by atoms with Gasteiger partial charge in [0.15, 0.2) is 16.7 Å². The van der Waals surface area contributed by atoms with Gasteiger partial charge in [0.2, 0.25) is 0 Å². The van der Waals surface area contributed by atoms with E-state index in [0.29, 0.717) is 43.3 Å². The third-order valence-electron chi connectivity index (χ3n) is 5.42. The summed E-state index contributed by atoms with van der Waals surface area (Å²) in [4.78, 5) is 30.8. The number of carboxylic acids is 1. The number of aliphatic imine (C=N–C) groups is 1. The molecule has 3 aromatic rings. The lowest BCUT2D eigenvalue weighted by Crippen LogP contribution is -2.28. The third-order valence-corrected chi connectivity index (χ3v) is 7.39. The van der Waals surface area contributed by atoms with Gasteiger partial charge >= 0.3 is 5.97 Å². The minimum atomic E-state index is -1.01. The number of ether oxygens (including phenoxy) is 2. The van der Waals surface area contributed by atoms with E-state index >= 15 is 0 Å². The van der Waals surface area contributed by atoms with E-state index in [0.717, 1.165) is 11.1 Å². The van der Waals surface area contributed by atoms with Crippen molar-refractivity contribution in [3.63, 3.8) is 0 Å². The van der Waals surface area contributed by atoms with Gasteiger partial charge in [-0.25, -0.2) is 9.79 Å². The fourth-order valence-electron chi connectivity index (χ4n) is 3.54. The molecule has 0 aromatic heterocycles. The standard InChI is InChI=1S/C27H22BrClN2O5S/c1-3-31-25(32)23(37-27(31)30-19-10-8-17(9-11-19)26(33)34)14-16-12-20(28)24(22(13-16)35-2)36-15-18-6-4-5-7-21(18)29/h4-14H,3,15H2,1-2H3,(H,33,34)/b23-14-,30-27?. The fraction of sp³-hybridized carbons (Fsp3) is 0.148. The molecule has 0 atom stereocenters. The molecule has 1 saturated heterocycles. The summed E-state index contributed by atoms with van der Waals surface area (Å²) in [6.45, 7) is 2.58. The number of hydrogen-bond acceptors (Lipinski definition) is 6. The zero-order chi connectivity index (χ0) is 26.5. The summed E-state index contributed by atoms with van der Waals surface area (Å²) in [6, 6.07) is 17.3. The van der Waals surface area contributed by atoms with Gasteiger partial charge < -0.3 is 14.6 Å². The summed E-state index contributed by atoms with van der Waals surface area (Å²) in [5.41, 5.74) is 2.32. The number of hydrogen-bond donors (Lipinski definition) is 1. The molecule has 1 fully saturated rings. The molecule has 1 heterocycles. The van der Waals surface area contributed by atoms with E-state index in [1.54, 1.807) is 42.4 Å². The Hall–Kier alpha value is -3.27. The molecule has 3 aromatic carbocycles. The van der Waals surface area contributed by atoms with Gasteiger partial charge in [0, 0.05) is 17.1 Å². The molecule has 37 heavy (non-hydrogen) atoms. The molecule has 7 nitrogen and oxygen atoms in total. The lowest BCUT2D eigenvalue weighted by atomic mass is 10.1. The van der Waals surface area contributed by atoms with Crippen molar-refractivity contribution in [1.29, 1.82) is 0 Å². The Bertz CT molecular complexity index is 1410. The van der Waals surface area contributed by atoms with Crippen LogP contribution >= 0.6 is 39.3 Å². The van der Waals surface area contributed by atoms with Crippen molar-refractivity contribution in [3.05, 3.63) is 91.8 Å². The number of carboxylic acid groups (broad SMARTS) is 1. The number of likely N-dealkylation sites (N-methyl/N-ethyl adjacent to an activating group) is 1. The van der Waals surface area contributed by atoms with Crippen LogP contribution in [0.5, 0.6) is 11.5 Å². The number of halogens is 2. The molecule has 190 valence electrons. The van der Waals surface area contributed by atoms with Crippen LogP contribution in [-0.4, -0.2) is 40.7 Å². The molecule has 1 aliphatic heterocycles. The van der Waals surface area contributed by atoms with Crippen molar-refractivity contribution >= 4 is 68.1 Å². The second-order valence-corrected chi connectivity index (χ2v) is 10.1. The minimum Gasteiger partial charge on any atom is -0.493 e. The van der Waals surface area contributed by atoms with Crippen LogP contribution < -0.4 is 9.47 Å². The van der Waals surface area contributed by atoms with Crippen LogP contribution in [0.2, 0.25) is 5.02 Å². The van der Waals surface area contributed by atoms with Gasteiger partial charge in [-0.1, -0.05) is 29.8 Å². The number of benzene rings is 3. The Kier molecular flexibility index (Phi) is 8.58. The first-order chi connectivity index (χ1) is 17.8. The number of carbonyl (C=O) groups excluding carboxylic acids is 1. The maximum atomic E-state index is 13.1. The topological polar surface area (TPSA) is 88.4 Å². The van der Waals surface area contributed by atoms with E-state index in [9.17, 15) is 9.59 Å². The summed E-state index contributed by atoms with van der Waals surface area (Å²) in [6.07, 6.45) is 1.77. The van der Waals surface area contributed by atoms with Gasteiger partial charge in [0.25, 0.3) is 5.91 Å². The molecule has 0 aliphatic carbocycles. The number of nitrogens with zero attached hydrogens (tertiary/aromatic N) is 2. The Morgan fingerprint density at radius 3 is 2.57 bits per heavy atom. The van der Waals surface area contributed by atoms with Crippen LogP contribution in [0.1, 0.15) is 28.4 Å². The highest BCUT2D eigenvalue weighted by Gasteiger charge is 2.32. The van der Waals surface area contributed by atoms with Gasteiger partial charge in [-0.15, -0.1) is 0 Å². The molecule has 10 heteroatoms. The van der Waals surface area contributed by atoms with Gasteiger partial charge in [-0.2, -0.15) is 0 Å². The summed E-state index contributed by atoms with van der Waals surface area (Å²) in [5.74, 6) is -0.143. The second-order valence-electron chi connectivity index (χ2n) is 7.82. The Morgan fingerprint density at radius 2 is 1.92 bits per heavy atom. The summed E-state index contributed by atoms with van der Waals surface area (Å²) in [5, 5.41) is 10.2. The van der Waals surface area contributed by atoms with Crippen molar-refractivity contribution in [2.24, 2.45) is 4.99 Å². The first-order valence-electron chi connectivity index (χ1n) is 11.2. The lowest BCUT2D eigenvalue weighted by molar-refractivity contribution is -0.122. The minimum absolute atomic E-state index is 0.164. The number of amides is 1. The van der Waals surface area contributed by atoms with E-state index in [1.807, 2.05) is 31.2 Å². The van der Waals surface area contributed by atoms with Crippen molar-refractivity contribution < 1.29 is 24.2 Å². The van der Waals surface area contributed by atoms with Gasteiger partial charge in [0.05, 0.1) is 27.7 Å². The molecule has 1 N–H and O–H groups in total. The van der Waals surface area contributed by atoms with Crippen LogP contribution in [0.3, 0.4) is 0 Å². The zero-order valence-electron chi connectivity index (χ0n) is 19.9. The maximum Gasteiger partial charge on any atom is 0.335 e. The van der Waals surface area contributed by atoms with E-state index in [-0.39, 0.29) is 18.1 Å². The summed E-state index contributed by atoms with van der Waals surface area (Å²) >= 11 is 11.1. The van der Waals surface area contributed by atoms with Crippen LogP contribution in [0.4, 0.5) is 5.69 Å². The lowest BCUT2D eigenvalue weighted by Gasteiger charge is -2.14. The van der Waals surface area contributed by atoms with Crippen molar-refractivity contribution in [3.8, 4) is 11.5 Å². The van der Waals surface area contributed by atoms with Crippen molar-refractivity contribution in [1.82, 2.24) is 4.90 Å². The number of thioether (sulfide) groups is 1. The highest BCUT2D eigenvalue weighted by Crippen LogP contribution is 2.40. The van der Waals surface area contributed by atoms with E-state index < -0.39 is 5.97 Å². The first kappa shape index (κ1) is 26.8. The molecule has 1 amide bonds. The maximum absolute atomic E-state index is 13.1. The summed E-state index contributed by atoms with van der Waals surface area (Å²) < 4.78 is 12.2. The molecular weight excluding hydrogens is 580 g/mol. The number of carbonyl (C=O) groups is 2. The van der Waals surface area contributed by atoms with E-state index in [2.05, 4.69) is 20.9 Å². The average Bonchev–Trinajstić information content (AvgIpc) is 3.17. The zero-order valence-corrected chi connectivity index (χ0v) is 23.1. The third kappa shape index (κ3) is 6.18. The van der Waals surface area contributed by atoms with Crippen LogP contribution in [0.25, 0.3) is 6.08 Å². The predicted molar refractivity (Wildman–Crippen MR) is 150 cm³/mol. The van der Waals surface area contributed by atoms with Crippen LogP contribution in [-0.2, 0) is 11.4 Å². The van der Waals surface area contributed by atoms with Crippen LogP contribution in [0.15, 0.2) is 75.0 Å². The quantitative estimate of drug-likeness (QED) is 0.279. The normalized spacial score (nSPS) is 15.5. The largest absolute Gasteiger partial charge is 0.493 e. The van der Waals surface area contributed by atoms with Crippen molar-refractivity contribution in [2.75, 3.05) is 13.7 Å². The van der Waals surface area contributed by atoms with Gasteiger partial charge in [-0.3, -0.25) is 9.69 Å². The average molecular weight is 602 g/mol. The molecule has 1 aliphatic rings. The number of amidine groups is 1. The molecule has 0 bridgehead atoms. The molecule has 0 saturated carbocycles. The Balaban J connectivity index is 1.58. The number of rotatable bonds is 8. The van der Waals surface area contributed by atoms with Gasteiger partial charge in [0.1, 0.15) is 6.61 Å². The first-order valence-corrected chi connectivity index (χ1v) is 13.2. The SMILES string of the molecule is CCN1C(=O)/C(=C/c2cc(Br)c(OCc3ccccc3Cl)c(OC)c2)SC1=Nc1ccc(C(=O)O)cc1. The fourth-order valence-corrected chi connectivity index (χ4v) is 5.37. The highest BCUT2D eigenvalue weighted by atomic mass is 79.9. The number of aromatic carboxylic acids is 1. The monoisotopic (exact) mass is 600 g/mol. The van der Waals surface area contributed by atoms with E-state index in [4.69, 9.17) is 26.2 Å². The van der Waals surface area contributed by atoms with Crippen molar-refractivity contribution in [2.45, 2.75) is 13.5 Å². The number of methoxy groups -OCH3 is 1. The smallest absolute Gasteiger partial charge is 0.335 e. The predicted octanol–water partition coefficient (Wildman–Crippen LogP) is 7.01. The summed E-state index contributed by atoms with van der Waals surface area (Å²) in [7, 11) is 1.55. The molecule has 4 rings (SSSR count). The molecule has 0 radical (unpaired) electrons. The molecule has 0 spiro atoms.